The lowest BCUT2D eigenvalue weighted by Crippen LogP contribution is -2.46. The van der Waals surface area contributed by atoms with E-state index in [9.17, 15) is 4.79 Å². The second kappa shape index (κ2) is 10.6. The first kappa shape index (κ1) is 23.6. The molecule has 4 rings (SSSR count). The van der Waals surface area contributed by atoms with Crippen LogP contribution >= 0.6 is 11.3 Å². The van der Waals surface area contributed by atoms with Gasteiger partial charge in [-0.25, -0.2) is 9.97 Å². The maximum absolute atomic E-state index is 13.2. The molecule has 2 fully saturated rings. The van der Waals surface area contributed by atoms with E-state index in [1.807, 2.05) is 24.4 Å². The summed E-state index contributed by atoms with van der Waals surface area (Å²) in [5.74, 6) is 1.24. The zero-order chi connectivity index (χ0) is 23.4. The van der Waals surface area contributed by atoms with Gasteiger partial charge in [-0.1, -0.05) is 5.16 Å². The van der Waals surface area contributed by atoms with E-state index < -0.39 is 0 Å². The predicted octanol–water partition coefficient (Wildman–Crippen LogP) is 3.49. The average Bonchev–Trinajstić information content (AvgIpc) is 3.27. The molecule has 2 N–H and O–H groups in total. The molecule has 33 heavy (non-hydrogen) atoms. The molecular formula is C24H34N6O2S. The van der Waals surface area contributed by atoms with Crippen LogP contribution in [0.5, 0.6) is 0 Å². The second-order valence-corrected chi connectivity index (χ2v) is 10.1. The quantitative estimate of drug-likeness (QED) is 0.513. The van der Waals surface area contributed by atoms with Crippen LogP contribution in [0.1, 0.15) is 54.9 Å². The van der Waals surface area contributed by atoms with Crippen LogP contribution in [-0.2, 0) is 9.63 Å². The summed E-state index contributed by atoms with van der Waals surface area (Å²) >= 11 is 1.62. The predicted molar refractivity (Wildman–Crippen MR) is 131 cm³/mol. The number of pyridine rings is 1. The van der Waals surface area contributed by atoms with Crippen molar-refractivity contribution in [1.29, 1.82) is 0 Å². The summed E-state index contributed by atoms with van der Waals surface area (Å²) in [4.78, 5) is 31.5. The highest BCUT2D eigenvalue weighted by atomic mass is 32.1. The number of nitrogen functional groups attached to an aromatic ring is 1. The van der Waals surface area contributed by atoms with E-state index in [2.05, 4.69) is 31.8 Å². The van der Waals surface area contributed by atoms with Crippen molar-refractivity contribution < 1.29 is 9.63 Å². The van der Waals surface area contributed by atoms with Gasteiger partial charge in [-0.2, -0.15) is 0 Å². The highest BCUT2D eigenvalue weighted by Crippen LogP contribution is 2.30. The Balaban J connectivity index is 1.29. The van der Waals surface area contributed by atoms with Crippen LogP contribution in [0, 0.1) is 18.8 Å². The monoisotopic (exact) mass is 470 g/mol. The average molecular weight is 471 g/mol. The molecule has 2 aromatic heterocycles. The fourth-order valence-corrected chi connectivity index (χ4v) is 5.62. The number of amides is 1. The molecule has 0 aliphatic carbocycles. The smallest absolute Gasteiger partial charge is 0.225 e. The van der Waals surface area contributed by atoms with E-state index in [0.29, 0.717) is 11.7 Å². The topological polar surface area (TPSA) is 96.9 Å². The number of carbonyl (C=O) groups is 1. The molecule has 4 heterocycles. The summed E-state index contributed by atoms with van der Waals surface area (Å²) in [6, 6.07) is 4.24. The summed E-state index contributed by atoms with van der Waals surface area (Å²) in [7, 11) is 1.58. The molecule has 0 spiro atoms. The molecule has 1 amide bonds. The molecule has 8 nitrogen and oxygen atoms in total. The fraction of sp³-hybridized carbons (Fsp3) is 0.583. The molecule has 2 aliphatic rings. The number of hydrogen-bond donors (Lipinski definition) is 1. The third-order valence-corrected chi connectivity index (χ3v) is 7.75. The van der Waals surface area contributed by atoms with Crippen LogP contribution in [0.4, 0.5) is 5.82 Å². The molecule has 9 heteroatoms. The number of rotatable bonds is 6. The number of piperidine rings is 2. The van der Waals surface area contributed by atoms with E-state index in [-0.39, 0.29) is 17.9 Å². The molecule has 0 bridgehead atoms. The van der Waals surface area contributed by atoms with Crippen molar-refractivity contribution >= 4 is 28.8 Å². The van der Waals surface area contributed by atoms with Crippen molar-refractivity contribution in [1.82, 2.24) is 19.8 Å². The zero-order valence-corrected chi connectivity index (χ0v) is 20.6. The summed E-state index contributed by atoms with van der Waals surface area (Å²) in [5, 5.41) is 7.35. The number of aryl methyl sites for hydroxylation is 1. The number of anilines is 1. The standard InChI is InChI=1S/C24H34N6O2S/c1-16(20-4-9-26-22(25)14-20)29-10-7-19(8-11-29)24(31)30-12-5-18(6-13-30)23(28-32-3)21-15-33-17(2)27-21/h4,9,14-16,18-19H,5-8,10-13H2,1-3H3,(H2,25,26)/t16-/m1/s1. The molecular weight excluding hydrogens is 436 g/mol. The fourth-order valence-electron chi connectivity index (χ4n) is 5.01. The maximum Gasteiger partial charge on any atom is 0.225 e. The van der Waals surface area contributed by atoms with Crippen molar-refractivity contribution in [3.05, 3.63) is 40.0 Å². The minimum atomic E-state index is 0.112. The molecule has 2 saturated heterocycles. The minimum absolute atomic E-state index is 0.112. The Hall–Kier alpha value is -2.52. The number of carbonyl (C=O) groups excluding carboxylic acids is 1. The van der Waals surface area contributed by atoms with Crippen LogP contribution in [-0.4, -0.2) is 64.7 Å². The van der Waals surface area contributed by atoms with E-state index in [0.717, 1.165) is 68.3 Å². The van der Waals surface area contributed by atoms with E-state index in [1.165, 1.54) is 5.56 Å². The van der Waals surface area contributed by atoms with Crippen LogP contribution < -0.4 is 5.73 Å². The van der Waals surface area contributed by atoms with E-state index in [1.54, 1.807) is 24.6 Å². The number of likely N-dealkylation sites (tertiary alicyclic amines) is 2. The van der Waals surface area contributed by atoms with Crippen molar-refractivity contribution in [2.24, 2.45) is 17.0 Å². The van der Waals surface area contributed by atoms with Crippen LogP contribution in [0.3, 0.4) is 0 Å². The van der Waals surface area contributed by atoms with Gasteiger partial charge in [0.2, 0.25) is 5.91 Å². The first-order valence-electron chi connectivity index (χ1n) is 11.7. The molecule has 0 saturated carbocycles. The molecule has 178 valence electrons. The lowest BCUT2D eigenvalue weighted by Gasteiger charge is -2.39. The Morgan fingerprint density at radius 3 is 2.52 bits per heavy atom. The highest BCUT2D eigenvalue weighted by Gasteiger charge is 2.34. The van der Waals surface area contributed by atoms with Gasteiger partial charge in [0.15, 0.2) is 0 Å². The van der Waals surface area contributed by atoms with Crippen LogP contribution in [0.2, 0.25) is 0 Å². The number of thiazole rings is 1. The van der Waals surface area contributed by atoms with Gasteiger partial charge < -0.3 is 15.5 Å². The summed E-state index contributed by atoms with van der Waals surface area (Å²) < 4.78 is 0. The number of nitrogens with zero attached hydrogens (tertiary/aromatic N) is 5. The van der Waals surface area contributed by atoms with Gasteiger partial charge in [-0.05, 0) is 70.3 Å². The van der Waals surface area contributed by atoms with Gasteiger partial charge in [0.1, 0.15) is 18.6 Å². The summed E-state index contributed by atoms with van der Waals surface area (Å²) in [5.41, 5.74) is 8.85. The normalized spacial score (nSPS) is 20.1. The molecule has 1 atom stereocenters. The Kier molecular flexibility index (Phi) is 7.60. The first-order chi connectivity index (χ1) is 16.0. The lowest BCUT2D eigenvalue weighted by atomic mass is 9.88. The van der Waals surface area contributed by atoms with Gasteiger partial charge in [-0.15, -0.1) is 11.3 Å². The van der Waals surface area contributed by atoms with Crippen molar-refractivity contribution in [3.63, 3.8) is 0 Å². The molecule has 0 radical (unpaired) electrons. The van der Waals surface area contributed by atoms with E-state index >= 15 is 0 Å². The number of nitrogens with two attached hydrogens (primary N) is 1. The summed E-state index contributed by atoms with van der Waals surface area (Å²) in [6.07, 6.45) is 5.35. The third kappa shape index (κ3) is 5.52. The van der Waals surface area contributed by atoms with Crippen molar-refractivity contribution in [2.75, 3.05) is 39.0 Å². The SMILES string of the molecule is CON=C(c1csc(C)n1)C1CCN(C(=O)C2CCN([C@H](C)c3ccnc(N)c3)CC2)CC1. The van der Waals surface area contributed by atoms with Gasteiger partial charge in [0.25, 0.3) is 0 Å². The molecule has 2 aromatic rings. The van der Waals surface area contributed by atoms with Crippen molar-refractivity contribution in [3.8, 4) is 0 Å². The molecule has 0 aromatic carbocycles. The Bertz CT molecular complexity index is 977. The van der Waals surface area contributed by atoms with Crippen LogP contribution in [0.25, 0.3) is 0 Å². The van der Waals surface area contributed by atoms with E-state index in [4.69, 9.17) is 10.6 Å². The number of oxime groups is 1. The zero-order valence-electron chi connectivity index (χ0n) is 19.7. The van der Waals surface area contributed by atoms with Gasteiger partial charge in [-0.3, -0.25) is 9.69 Å². The second-order valence-electron chi connectivity index (χ2n) is 9.01. The van der Waals surface area contributed by atoms with Gasteiger partial charge >= 0.3 is 0 Å². The highest BCUT2D eigenvalue weighted by molar-refractivity contribution is 7.09. The largest absolute Gasteiger partial charge is 0.399 e. The first-order valence-corrected chi connectivity index (χ1v) is 12.6. The maximum atomic E-state index is 13.2. The molecule has 0 unspecified atom stereocenters. The number of aromatic nitrogens is 2. The number of hydrogen-bond acceptors (Lipinski definition) is 8. The lowest BCUT2D eigenvalue weighted by molar-refractivity contribution is -0.138. The Labute approximate surface area is 199 Å². The van der Waals surface area contributed by atoms with Crippen LogP contribution in [0.15, 0.2) is 28.9 Å². The molecule has 2 aliphatic heterocycles. The summed E-state index contributed by atoms with van der Waals surface area (Å²) in [6.45, 7) is 7.57. The third-order valence-electron chi connectivity index (χ3n) is 6.98. The van der Waals surface area contributed by atoms with Gasteiger partial charge in [0, 0.05) is 42.5 Å². The van der Waals surface area contributed by atoms with Gasteiger partial charge in [0.05, 0.1) is 10.7 Å². The Morgan fingerprint density at radius 2 is 1.91 bits per heavy atom. The minimum Gasteiger partial charge on any atom is -0.399 e. The van der Waals surface area contributed by atoms with Crippen molar-refractivity contribution in [2.45, 2.75) is 45.6 Å². The Morgan fingerprint density at radius 1 is 1.21 bits per heavy atom.